The summed E-state index contributed by atoms with van der Waals surface area (Å²) < 4.78 is 0. The summed E-state index contributed by atoms with van der Waals surface area (Å²) >= 11 is 1.72. The summed E-state index contributed by atoms with van der Waals surface area (Å²) in [5.74, 6) is 0.286. The molecular formula is C17H21N3OS. The first-order valence-electron chi connectivity index (χ1n) is 7.90. The fraction of sp³-hybridized carbons (Fsp3) is 0.529. The van der Waals surface area contributed by atoms with Crippen LogP contribution < -0.4 is 5.32 Å². The second kappa shape index (κ2) is 4.69. The van der Waals surface area contributed by atoms with E-state index in [9.17, 15) is 4.79 Å². The van der Waals surface area contributed by atoms with E-state index in [4.69, 9.17) is 0 Å². The summed E-state index contributed by atoms with van der Waals surface area (Å²) in [4.78, 5) is 13.9. The predicted molar refractivity (Wildman–Crippen MR) is 89.7 cm³/mol. The summed E-state index contributed by atoms with van der Waals surface area (Å²) in [5, 5.41) is 11.9. The molecule has 4 rings (SSSR count). The molecule has 0 saturated heterocycles. The molecule has 4 nitrogen and oxygen atoms in total. The molecule has 2 aromatic rings. The zero-order valence-corrected chi connectivity index (χ0v) is 14.1. The van der Waals surface area contributed by atoms with Crippen LogP contribution in [-0.2, 0) is 6.42 Å². The summed E-state index contributed by atoms with van der Waals surface area (Å²) in [5.41, 5.74) is 4.39. The topological polar surface area (TPSA) is 57.8 Å². The number of nitrogens with zero attached hydrogens (tertiary/aromatic N) is 1. The molecule has 0 amide bonds. The van der Waals surface area contributed by atoms with Gasteiger partial charge in [0.25, 0.3) is 0 Å². The highest BCUT2D eigenvalue weighted by Gasteiger charge is 2.37. The first-order chi connectivity index (χ1) is 10.4. The van der Waals surface area contributed by atoms with Gasteiger partial charge in [-0.1, -0.05) is 13.8 Å². The van der Waals surface area contributed by atoms with Crippen molar-refractivity contribution in [2.45, 2.75) is 52.5 Å². The van der Waals surface area contributed by atoms with Gasteiger partial charge in [-0.15, -0.1) is 11.3 Å². The maximum absolute atomic E-state index is 12.7. The number of hydrogen-bond acceptors (Lipinski definition) is 4. The minimum atomic E-state index is 0.0324. The van der Waals surface area contributed by atoms with Gasteiger partial charge in [-0.3, -0.25) is 9.89 Å². The van der Waals surface area contributed by atoms with Crippen LogP contribution >= 0.6 is 11.3 Å². The smallest absolute Gasteiger partial charge is 0.166 e. The monoisotopic (exact) mass is 315 g/mol. The normalized spacial score (nSPS) is 20.0. The molecule has 1 fully saturated rings. The van der Waals surface area contributed by atoms with Crippen LogP contribution in [0, 0.1) is 12.3 Å². The van der Waals surface area contributed by atoms with E-state index >= 15 is 0 Å². The minimum absolute atomic E-state index is 0.0324. The van der Waals surface area contributed by atoms with Crippen LogP contribution in [-0.4, -0.2) is 22.0 Å². The molecule has 1 saturated carbocycles. The molecule has 0 spiro atoms. The Hall–Kier alpha value is -1.62. The summed E-state index contributed by atoms with van der Waals surface area (Å²) in [6, 6.07) is 0.557. The van der Waals surface area contributed by atoms with E-state index in [1.165, 1.54) is 23.3 Å². The fourth-order valence-corrected chi connectivity index (χ4v) is 4.66. The molecule has 0 aliphatic heterocycles. The maximum Gasteiger partial charge on any atom is 0.166 e. The average Bonchev–Trinajstić information content (AvgIpc) is 3.02. The molecule has 2 N–H and O–H groups in total. The molecular weight excluding hydrogens is 294 g/mol. The number of rotatable bonds is 3. The molecule has 0 atom stereocenters. The zero-order chi connectivity index (χ0) is 15.5. The van der Waals surface area contributed by atoms with Crippen LogP contribution in [0.1, 0.15) is 54.6 Å². The number of hydrogen-bond donors (Lipinski definition) is 2. The lowest BCUT2D eigenvalue weighted by molar-refractivity contribution is 0.0914. The van der Waals surface area contributed by atoms with Crippen molar-refractivity contribution in [3.63, 3.8) is 0 Å². The van der Waals surface area contributed by atoms with Gasteiger partial charge in [-0.25, -0.2) is 0 Å². The molecule has 2 aliphatic carbocycles. The van der Waals surface area contributed by atoms with Crippen molar-refractivity contribution in [1.29, 1.82) is 0 Å². The number of ketones is 1. The van der Waals surface area contributed by atoms with Crippen molar-refractivity contribution in [3.05, 3.63) is 22.9 Å². The molecule has 2 heterocycles. The van der Waals surface area contributed by atoms with E-state index in [-0.39, 0.29) is 11.2 Å². The Morgan fingerprint density at radius 2 is 2.14 bits per heavy atom. The summed E-state index contributed by atoms with van der Waals surface area (Å²) in [7, 11) is 0. The number of aromatic nitrogens is 2. The van der Waals surface area contributed by atoms with Crippen LogP contribution in [0.25, 0.3) is 10.6 Å². The number of aromatic amines is 1. The number of Topliss-reactive ketones (excluding diaryl/α,β-unsaturated/α-hetero) is 1. The van der Waals surface area contributed by atoms with Crippen LogP contribution in [0.2, 0.25) is 0 Å². The number of H-pyrrole nitrogens is 1. The Morgan fingerprint density at radius 3 is 2.77 bits per heavy atom. The number of aryl methyl sites for hydroxylation is 1. The number of carbonyl (C=O) groups is 1. The van der Waals surface area contributed by atoms with E-state index in [1.54, 1.807) is 11.3 Å². The largest absolute Gasteiger partial charge is 0.374 e. The maximum atomic E-state index is 12.7. The third-order valence-corrected chi connectivity index (χ3v) is 5.73. The number of thiophene rings is 1. The van der Waals surface area contributed by atoms with E-state index < -0.39 is 0 Å². The number of anilines is 1. The van der Waals surface area contributed by atoms with Crippen molar-refractivity contribution in [2.24, 2.45) is 5.41 Å². The third kappa shape index (κ3) is 2.28. The lowest BCUT2D eigenvalue weighted by atomic mass is 9.74. The highest BCUT2D eigenvalue weighted by molar-refractivity contribution is 7.20. The van der Waals surface area contributed by atoms with Gasteiger partial charge < -0.3 is 5.32 Å². The van der Waals surface area contributed by atoms with Gasteiger partial charge in [0.2, 0.25) is 0 Å². The predicted octanol–water partition coefficient (Wildman–Crippen LogP) is 4.18. The second-order valence-electron chi connectivity index (χ2n) is 7.40. The molecule has 116 valence electrons. The van der Waals surface area contributed by atoms with E-state index in [0.29, 0.717) is 12.5 Å². The molecule has 0 bridgehead atoms. The van der Waals surface area contributed by atoms with E-state index in [1.807, 2.05) is 6.20 Å². The van der Waals surface area contributed by atoms with E-state index in [0.717, 1.165) is 28.2 Å². The molecule has 2 aromatic heterocycles. The van der Waals surface area contributed by atoms with Gasteiger partial charge in [-0.05, 0) is 42.7 Å². The van der Waals surface area contributed by atoms with Gasteiger partial charge in [0, 0.05) is 12.5 Å². The second-order valence-corrected chi connectivity index (χ2v) is 8.42. The van der Waals surface area contributed by atoms with Crippen molar-refractivity contribution in [1.82, 2.24) is 10.2 Å². The quantitative estimate of drug-likeness (QED) is 0.893. The highest BCUT2D eigenvalue weighted by atomic mass is 32.1. The summed E-state index contributed by atoms with van der Waals surface area (Å²) in [6.45, 7) is 6.43. The standard InChI is InChI=1S/C17H21N3OS/c1-9-8-18-20-14(9)15-11-6-17(2,3)7-12(21)13(11)16(22-15)19-10-4-5-10/h8,10,19H,4-7H2,1-3H3,(H,18,20). The number of nitrogens with one attached hydrogen (secondary N) is 2. The number of fused-ring (bicyclic) bond motifs is 1. The van der Waals surface area contributed by atoms with Crippen molar-refractivity contribution < 1.29 is 4.79 Å². The lowest BCUT2D eigenvalue weighted by Crippen LogP contribution is -2.27. The molecule has 0 unspecified atom stereocenters. The first-order valence-corrected chi connectivity index (χ1v) is 8.72. The van der Waals surface area contributed by atoms with Crippen molar-refractivity contribution in [2.75, 3.05) is 5.32 Å². The molecule has 0 radical (unpaired) electrons. The fourth-order valence-electron chi connectivity index (χ4n) is 3.29. The van der Waals surface area contributed by atoms with Crippen LogP contribution in [0.5, 0.6) is 0 Å². The van der Waals surface area contributed by atoms with Crippen LogP contribution in [0.15, 0.2) is 6.20 Å². The molecule has 0 aromatic carbocycles. The summed E-state index contributed by atoms with van der Waals surface area (Å²) in [6.07, 6.45) is 5.86. The average molecular weight is 315 g/mol. The third-order valence-electron chi connectivity index (χ3n) is 4.55. The molecule has 22 heavy (non-hydrogen) atoms. The van der Waals surface area contributed by atoms with Gasteiger partial charge in [-0.2, -0.15) is 5.10 Å². The zero-order valence-electron chi connectivity index (χ0n) is 13.2. The Kier molecular flexibility index (Phi) is 2.98. The SMILES string of the molecule is Cc1cn[nH]c1-c1sc(NC2CC2)c2c1CC(C)(C)CC2=O. The number of carbonyl (C=O) groups excluding carboxylic acids is 1. The molecule has 2 aliphatic rings. The van der Waals surface area contributed by atoms with Gasteiger partial charge in [0.05, 0.1) is 22.3 Å². The Balaban J connectivity index is 1.88. The molecule has 5 heteroatoms. The van der Waals surface area contributed by atoms with E-state index in [2.05, 4.69) is 36.3 Å². The first kappa shape index (κ1) is 14.0. The Labute approximate surface area is 134 Å². The van der Waals surface area contributed by atoms with Crippen molar-refractivity contribution >= 4 is 22.1 Å². The lowest BCUT2D eigenvalue weighted by Gasteiger charge is -2.29. The van der Waals surface area contributed by atoms with Gasteiger partial charge in [0.1, 0.15) is 5.00 Å². The Morgan fingerprint density at radius 1 is 1.36 bits per heavy atom. The van der Waals surface area contributed by atoms with Gasteiger partial charge in [0.15, 0.2) is 5.78 Å². The van der Waals surface area contributed by atoms with Crippen LogP contribution in [0.4, 0.5) is 5.00 Å². The Bertz CT molecular complexity index is 752. The van der Waals surface area contributed by atoms with Gasteiger partial charge >= 0.3 is 0 Å². The van der Waals surface area contributed by atoms with Crippen molar-refractivity contribution in [3.8, 4) is 10.6 Å². The highest BCUT2D eigenvalue weighted by Crippen LogP contribution is 2.48. The minimum Gasteiger partial charge on any atom is -0.374 e. The van der Waals surface area contributed by atoms with Crippen LogP contribution in [0.3, 0.4) is 0 Å².